The van der Waals surface area contributed by atoms with Crippen LogP contribution in [-0.2, 0) is 4.79 Å². The van der Waals surface area contributed by atoms with E-state index in [4.69, 9.17) is 15.2 Å². The number of methoxy groups -OCH3 is 1. The number of carbonyl (C=O) groups excluding carboxylic acids is 1. The number of rotatable bonds is 2. The minimum Gasteiger partial charge on any atom is -0.497 e. The third-order valence-electron chi connectivity index (χ3n) is 5.40. The molecule has 1 saturated carbocycles. The van der Waals surface area contributed by atoms with Gasteiger partial charge in [-0.05, 0) is 49.0 Å². The van der Waals surface area contributed by atoms with Gasteiger partial charge in [0.05, 0.1) is 12.7 Å². The first-order chi connectivity index (χ1) is 11.2. The molecule has 3 unspecified atom stereocenters. The maximum Gasteiger partial charge on any atom is 0.253 e. The zero-order valence-corrected chi connectivity index (χ0v) is 14.6. The summed E-state index contributed by atoms with van der Waals surface area (Å²) in [6, 6.07) is 5.89. The fourth-order valence-corrected chi connectivity index (χ4v) is 4.08. The largest absolute Gasteiger partial charge is 0.497 e. The average Bonchev–Trinajstić information content (AvgIpc) is 3.15. The fourth-order valence-electron chi connectivity index (χ4n) is 4.08. The lowest BCUT2D eigenvalue weighted by Gasteiger charge is -2.23. The molecular formula is C18H23ClN2O3. The Labute approximate surface area is 148 Å². The Morgan fingerprint density at radius 1 is 1.33 bits per heavy atom. The quantitative estimate of drug-likeness (QED) is 0.887. The molecule has 1 aromatic carbocycles. The maximum atomic E-state index is 12.8. The summed E-state index contributed by atoms with van der Waals surface area (Å²) in [6.07, 6.45) is 4.17. The van der Waals surface area contributed by atoms with Gasteiger partial charge in [0.25, 0.3) is 5.91 Å². The van der Waals surface area contributed by atoms with Crippen LogP contribution in [0.2, 0.25) is 0 Å². The standard InChI is InChI=1S/C18H22N2O3.ClH/c1-22-14-3-5-17-12(7-14)6-13(10-23-17)18(21)20-8-11-2-4-16(19)15(11)9-20;/h3,5-7,11,15-16H,2,4,8-10,19H2,1H3;1H. The third kappa shape index (κ3) is 2.87. The predicted octanol–water partition coefficient (Wildman–Crippen LogP) is 2.09. The first kappa shape index (κ1) is 17.1. The van der Waals surface area contributed by atoms with Gasteiger partial charge >= 0.3 is 0 Å². The highest BCUT2D eigenvalue weighted by atomic mass is 35.5. The molecule has 2 N–H and O–H groups in total. The van der Waals surface area contributed by atoms with Crippen LogP contribution in [0.3, 0.4) is 0 Å². The van der Waals surface area contributed by atoms with E-state index in [1.165, 1.54) is 0 Å². The van der Waals surface area contributed by atoms with Gasteiger partial charge in [0.15, 0.2) is 0 Å². The number of benzene rings is 1. The lowest BCUT2D eigenvalue weighted by Crippen LogP contribution is -2.35. The number of halogens is 1. The molecule has 5 nitrogen and oxygen atoms in total. The lowest BCUT2D eigenvalue weighted by molar-refractivity contribution is -0.126. The van der Waals surface area contributed by atoms with Gasteiger partial charge in [0.1, 0.15) is 18.1 Å². The van der Waals surface area contributed by atoms with Crippen molar-refractivity contribution in [1.29, 1.82) is 0 Å². The van der Waals surface area contributed by atoms with Gasteiger partial charge < -0.3 is 20.1 Å². The molecule has 2 fully saturated rings. The summed E-state index contributed by atoms with van der Waals surface area (Å²) in [5, 5.41) is 0. The molecule has 6 heteroatoms. The number of amides is 1. The molecule has 1 aliphatic carbocycles. The first-order valence-corrected chi connectivity index (χ1v) is 8.22. The summed E-state index contributed by atoms with van der Waals surface area (Å²) in [6.45, 7) is 1.95. The molecule has 2 heterocycles. The Morgan fingerprint density at radius 2 is 2.17 bits per heavy atom. The highest BCUT2D eigenvalue weighted by Gasteiger charge is 2.43. The zero-order valence-electron chi connectivity index (χ0n) is 13.7. The second-order valence-electron chi connectivity index (χ2n) is 6.74. The highest BCUT2D eigenvalue weighted by molar-refractivity contribution is 5.99. The van der Waals surface area contributed by atoms with Gasteiger partial charge in [-0.25, -0.2) is 0 Å². The molecule has 24 heavy (non-hydrogen) atoms. The number of hydrogen-bond acceptors (Lipinski definition) is 4. The van der Waals surface area contributed by atoms with Gasteiger partial charge in [-0.2, -0.15) is 0 Å². The van der Waals surface area contributed by atoms with Crippen LogP contribution < -0.4 is 15.2 Å². The van der Waals surface area contributed by atoms with E-state index in [1.807, 2.05) is 29.2 Å². The van der Waals surface area contributed by atoms with E-state index in [1.54, 1.807) is 7.11 Å². The van der Waals surface area contributed by atoms with Gasteiger partial charge in [-0.1, -0.05) is 0 Å². The Bertz CT molecular complexity index is 676. The van der Waals surface area contributed by atoms with Crippen LogP contribution in [0.4, 0.5) is 0 Å². The smallest absolute Gasteiger partial charge is 0.253 e. The number of carbonyl (C=O) groups is 1. The Kier molecular flexibility index (Phi) is 4.74. The summed E-state index contributed by atoms with van der Waals surface area (Å²) >= 11 is 0. The monoisotopic (exact) mass is 350 g/mol. The molecule has 3 atom stereocenters. The van der Waals surface area contributed by atoms with Crippen molar-refractivity contribution in [3.63, 3.8) is 0 Å². The fraction of sp³-hybridized carbons (Fsp3) is 0.500. The maximum absolute atomic E-state index is 12.8. The number of likely N-dealkylation sites (tertiary alicyclic amines) is 1. The van der Waals surface area contributed by atoms with Crippen molar-refractivity contribution in [3.05, 3.63) is 29.3 Å². The molecule has 0 bridgehead atoms. The molecule has 4 rings (SSSR count). The summed E-state index contributed by atoms with van der Waals surface area (Å²) < 4.78 is 11.0. The van der Waals surface area contributed by atoms with Crippen molar-refractivity contribution < 1.29 is 14.3 Å². The molecule has 0 radical (unpaired) electrons. The minimum absolute atomic E-state index is 0. The summed E-state index contributed by atoms with van der Waals surface area (Å²) in [5.41, 5.74) is 7.77. The molecule has 0 spiro atoms. The van der Waals surface area contributed by atoms with Crippen LogP contribution >= 0.6 is 12.4 Å². The Balaban J connectivity index is 0.00000169. The van der Waals surface area contributed by atoms with Crippen LogP contribution in [0.25, 0.3) is 6.08 Å². The molecule has 2 aliphatic heterocycles. The van der Waals surface area contributed by atoms with Crippen molar-refractivity contribution in [2.24, 2.45) is 17.6 Å². The van der Waals surface area contributed by atoms with Crippen molar-refractivity contribution >= 4 is 24.4 Å². The van der Waals surface area contributed by atoms with Crippen molar-refractivity contribution in [2.75, 3.05) is 26.8 Å². The summed E-state index contributed by atoms with van der Waals surface area (Å²) in [7, 11) is 1.63. The number of hydrogen-bond donors (Lipinski definition) is 1. The third-order valence-corrected chi connectivity index (χ3v) is 5.40. The Morgan fingerprint density at radius 3 is 2.92 bits per heavy atom. The SMILES string of the molecule is COc1ccc2c(c1)C=C(C(=O)N1CC3CCC(N)C3C1)CO2.Cl. The second kappa shape index (κ2) is 6.65. The molecule has 1 aromatic rings. The van der Waals surface area contributed by atoms with E-state index in [2.05, 4.69) is 0 Å². The molecule has 0 aromatic heterocycles. The molecule has 1 saturated heterocycles. The number of fused-ring (bicyclic) bond motifs is 2. The summed E-state index contributed by atoms with van der Waals surface area (Å²) in [5.74, 6) is 2.68. The van der Waals surface area contributed by atoms with Crippen LogP contribution in [-0.4, -0.2) is 43.7 Å². The van der Waals surface area contributed by atoms with E-state index >= 15 is 0 Å². The van der Waals surface area contributed by atoms with E-state index in [-0.39, 0.29) is 24.4 Å². The van der Waals surface area contributed by atoms with Gasteiger partial charge in [-0.15, -0.1) is 12.4 Å². The number of ether oxygens (including phenoxy) is 2. The average molecular weight is 351 g/mol. The first-order valence-electron chi connectivity index (χ1n) is 8.22. The molecule has 3 aliphatic rings. The number of nitrogens with two attached hydrogens (primary N) is 1. The number of nitrogens with zero attached hydrogens (tertiary/aromatic N) is 1. The van der Waals surface area contributed by atoms with Crippen LogP contribution in [0.15, 0.2) is 23.8 Å². The van der Waals surface area contributed by atoms with Crippen molar-refractivity contribution in [2.45, 2.75) is 18.9 Å². The highest BCUT2D eigenvalue weighted by Crippen LogP contribution is 2.38. The minimum atomic E-state index is 0. The molecule has 130 valence electrons. The van der Waals surface area contributed by atoms with Crippen molar-refractivity contribution in [3.8, 4) is 11.5 Å². The Hall–Kier alpha value is -1.72. The topological polar surface area (TPSA) is 64.8 Å². The molecular weight excluding hydrogens is 328 g/mol. The van der Waals surface area contributed by atoms with Crippen molar-refractivity contribution in [1.82, 2.24) is 4.90 Å². The van der Waals surface area contributed by atoms with Gasteiger partial charge in [0.2, 0.25) is 0 Å². The van der Waals surface area contributed by atoms with Crippen LogP contribution in [0, 0.1) is 11.8 Å². The van der Waals surface area contributed by atoms with E-state index in [9.17, 15) is 4.79 Å². The second-order valence-corrected chi connectivity index (χ2v) is 6.74. The van der Waals surface area contributed by atoms with E-state index in [0.717, 1.165) is 43.0 Å². The van der Waals surface area contributed by atoms with Gasteiger partial charge in [0, 0.05) is 24.7 Å². The predicted molar refractivity (Wildman–Crippen MR) is 94.5 cm³/mol. The van der Waals surface area contributed by atoms with E-state index in [0.29, 0.717) is 24.0 Å². The van der Waals surface area contributed by atoms with Crippen LogP contribution in [0.5, 0.6) is 11.5 Å². The van der Waals surface area contributed by atoms with Gasteiger partial charge in [-0.3, -0.25) is 4.79 Å². The molecule has 1 amide bonds. The lowest BCUT2D eigenvalue weighted by atomic mass is 9.98. The normalized spacial score (nSPS) is 27.5. The summed E-state index contributed by atoms with van der Waals surface area (Å²) in [4.78, 5) is 14.8. The van der Waals surface area contributed by atoms with Crippen LogP contribution in [0.1, 0.15) is 18.4 Å². The zero-order chi connectivity index (χ0) is 16.0. The van der Waals surface area contributed by atoms with E-state index < -0.39 is 0 Å².